The molecule has 0 spiro atoms. The van der Waals surface area contributed by atoms with Crippen molar-refractivity contribution < 1.29 is 0 Å². The van der Waals surface area contributed by atoms with Crippen LogP contribution in [0.15, 0.2) is 18.2 Å². The number of nitrogens with zero attached hydrogens (tertiary/aromatic N) is 2. The smallest absolute Gasteiger partial charge is 0.172 e. The molecule has 0 bridgehead atoms. The van der Waals surface area contributed by atoms with Crippen molar-refractivity contribution >= 4 is 39.8 Å². The number of hydrazine groups is 1. The van der Waals surface area contributed by atoms with Crippen LogP contribution in [-0.4, -0.2) is 10.2 Å². The van der Waals surface area contributed by atoms with E-state index in [1.807, 2.05) is 0 Å². The van der Waals surface area contributed by atoms with Crippen LogP contribution >= 0.6 is 23.2 Å². The summed E-state index contributed by atoms with van der Waals surface area (Å²) in [5, 5.41) is 9.76. The zero-order chi connectivity index (χ0) is 10.1. The second kappa shape index (κ2) is 3.57. The van der Waals surface area contributed by atoms with Crippen LogP contribution in [-0.2, 0) is 0 Å². The molecular weight excluding hydrogens is 223 g/mol. The quantitative estimate of drug-likeness (QED) is 0.581. The highest BCUT2D eigenvalue weighted by Crippen LogP contribution is 2.31. The van der Waals surface area contributed by atoms with E-state index in [0.29, 0.717) is 21.4 Å². The largest absolute Gasteiger partial charge is 0.306 e. The molecule has 0 radical (unpaired) electrons. The van der Waals surface area contributed by atoms with Crippen LogP contribution in [0.3, 0.4) is 0 Å². The highest BCUT2D eigenvalue weighted by molar-refractivity contribution is 6.39. The lowest BCUT2D eigenvalue weighted by Crippen LogP contribution is -2.10. The number of aromatic nitrogens is 2. The zero-order valence-electron chi connectivity index (χ0n) is 6.96. The number of hydrogen-bond acceptors (Lipinski definition) is 4. The topological polar surface area (TPSA) is 63.8 Å². The number of hydrogen-bond donors (Lipinski definition) is 2. The number of nitrogens with one attached hydrogen (secondary N) is 1. The highest BCUT2D eigenvalue weighted by Gasteiger charge is 2.09. The first-order valence-electron chi connectivity index (χ1n) is 3.81. The van der Waals surface area contributed by atoms with Gasteiger partial charge in [-0.3, -0.25) is 0 Å². The lowest BCUT2D eigenvalue weighted by Gasteiger charge is -2.05. The first-order chi connectivity index (χ1) is 6.74. The predicted octanol–water partition coefficient (Wildman–Crippen LogP) is 2.22. The molecule has 0 aliphatic carbocycles. The predicted molar refractivity (Wildman–Crippen MR) is 57.4 cm³/mol. The maximum atomic E-state index is 5.99. The number of nitrogens with two attached hydrogens (primary N) is 1. The second-order valence-electron chi connectivity index (χ2n) is 2.65. The van der Waals surface area contributed by atoms with Gasteiger partial charge in [-0.1, -0.05) is 35.3 Å². The molecule has 0 saturated carbocycles. The summed E-state index contributed by atoms with van der Waals surface area (Å²) in [6.07, 6.45) is 0. The number of halogens is 2. The van der Waals surface area contributed by atoms with E-state index in [4.69, 9.17) is 29.0 Å². The molecule has 6 heteroatoms. The van der Waals surface area contributed by atoms with Crippen LogP contribution in [0.2, 0.25) is 10.2 Å². The monoisotopic (exact) mass is 228 g/mol. The molecule has 0 fully saturated rings. The lowest BCUT2D eigenvalue weighted by atomic mass is 10.2. The Labute approximate surface area is 90.0 Å². The first kappa shape index (κ1) is 9.45. The number of rotatable bonds is 1. The van der Waals surface area contributed by atoms with Crippen molar-refractivity contribution in [2.45, 2.75) is 0 Å². The minimum atomic E-state index is 0.307. The number of benzene rings is 1. The number of fused-ring (bicyclic) bond motifs is 1. The van der Waals surface area contributed by atoms with E-state index in [9.17, 15) is 0 Å². The Morgan fingerprint density at radius 3 is 2.71 bits per heavy atom. The SMILES string of the molecule is NNc1nnc(Cl)c2cccc(Cl)c12. The normalized spacial score (nSPS) is 10.5. The Morgan fingerprint density at radius 1 is 1.21 bits per heavy atom. The molecule has 1 aromatic heterocycles. The van der Waals surface area contributed by atoms with Crippen molar-refractivity contribution in [1.29, 1.82) is 0 Å². The summed E-state index contributed by atoms with van der Waals surface area (Å²) < 4.78 is 0. The third kappa shape index (κ3) is 1.37. The Morgan fingerprint density at radius 2 is 2.00 bits per heavy atom. The lowest BCUT2D eigenvalue weighted by molar-refractivity contribution is 1.04. The molecule has 0 unspecified atom stereocenters. The van der Waals surface area contributed by atoms with E-state index in [2.05, 4.69) is 15.6 Å². The van der Waals surface area contributed by atoms with Crippen LogP contribution in [0.4, 0.5) is 5.82 Å². The van der Waals surface area contributed by atoms with Crippen LogP contribution in [0.25, 0.3) is 10.8 Å². The molecule has 2 aromatic rings. The van der Waals surface area contributed by atoms with Gasteiger partial charge in [-0.05, 0) is 6.07 Å². The fourth-order valence-electron chi connectivity index (χ4n) is 1.24. The average molecular weight is 229 g/mol. The summed E-state index contributed by atoms with van der Waals surface area (Å²) >= 11 is 11.8. The number of anilines is 1. The average Bonchev–Trinajstić information content (AvgIpc) is 2.20. The molecule has 0 aliphatic heterocycles. The fraction of sp³-hybridized carbons (Fsp3) is 0. The Balaban J connectivity index is 2.92. The molecule has 0 atom stereocenters. The summed E-state index contributed by atoms with van der Waals surface area (Å²) in [5.41, 5.74) is 2.42. The minimum absolute atomic E-state index is 0.307. The van der Waals surface area contributed by atoms with Gasteiger partial charge in [0.2, 0.25) is 0 Å². The summed E-state index contributed by atoms with van der Waals surface area (Å²) in [4.78, 5) is 0. The highest BCUT2D eigenvalue weighted by atomic mass is 35.5. The van der Waals surface area contributed by atoms with Gasteiger partial charge in [0.1, 0.15) is 0 Å². The summed E-state index contributed by atoms with van der Waals surface area (Å²) in [6, 6.07) is 5.33. The summed E-state index contributed by atoms with van der Waals surface area (Å²) in [6.45, 7) is 0. The van der Waals surface area contributed by atoms with Crippen molar-refractivity contribution in [2.75, 3.05) is 5.43 Å². The number of nitrogen functional groups attached to an aromatic ring is 1. The van der Waals surface area contributed by atoms with Gasteiger partial charge < -0.3 is 5.43 Å². The van der Waals surface area contributed by atoms with Gasteiger partial charge in [-0.15, -0.1) is 10.2 Å². The maximum Gasteiger partial charge on any atom is 0.172 e. The Bertz CT molecular complexity index is 486. The molecule has 14 heavy (non-hydrogen) atoms. The van der Waals surface area contributed by atoms with Gasteiger partial charge in [0.05, 0.1) is 5.02 Å². The molecule has 0 aliphatic rings. The van der Waals surface area contributed by atoms with E-state index < -0.39 is 0 Å². The van der Waals surface area contributed by atoms with E-state index >= 15 is 0 Å². The molecule has 2 rings (SSSR count). The van der Waals surface area contributed by atoms with E-state index in [1.54, 1.807) is 18.2 Å². The van der Waals surface area contributed by atoms with Gasteiger partial charge in [0, 0.05) is 10.8 Å². The van der Waals surface area contributed by atoms with Gasteiger partial charge >= 0.3 is 0 Å². The maximum absolute atomic E-state index is 5.99. The van der Waals surface area contributed by atoms with Gasteiger partial charge in [0.15, 0.2) is 11.0 Å². The van der Waals surface area contributed by atoms with Crippen molar-refractivity contribution in [3.8, 4) is 0 Å². The van der Waals surface area contributed by atoms with Gasteiger partial charge in [-0.2, -0.15) is 0 Å². The van der Waals surface area contributed by atoms with Crippen LogP contribution < -0.4 is 11.3 Å². The Kier molecular flexibility index (Phi) is 2.41. The summed E-state index contributed by atoms with van der Waals surface area (Å²) in [5.74, 6) is 5.69. The van der Waals surface area contributed by atoms with Crippen LogP contribution in [0, 0.1) is 0 Å². The molecule has 0 amide bonds. The first-order valence-corrected chi connectivity index (χ1v) is 4.56. The zero-order valence-corrected chi connectivity index (χ0v) is 8.47. The van der Waals surface area contributed by atoms with E-state index in [0.717, 1.165) is 5.39 Å². The van der Waals surface area contributed by atoms with Gasteiger partial charge in [0.25, 0.3) is 0 Å². The molecular formula is C8H6Cl2N4. The standard InChI is InChI=1S/C8H6Cl2N4/c9-5-3-1-2-4-6(5)8(12-11)14-13-7(4)10/h1-3H,11H2,(H,12,14). The molecule has 3 N–H and O–H groups in total. The van der Waals surface area contributed by atoms with Crippen LogP contribution in [0.1, 0.15) is 0 Å². The van der Waals surface area contributed by atoms with E-state index in [1.165, 1.54) is 0 Å². The van der Waals surface area contributed by atoms with E-state index in [-0.39, 0.29) is 0 Å². The van der Waals surface area contributed by atoms with Crippen molar-refractivity contribution in [3.05, 3.63) is 28.4 Å². The van der Waals surface area contributed by atoms with Crippen molar-refractivity contribution in [2.24, 2.45) is 5.84 Å². The third-order valence-corrected chi connectivity index (χ3v) is 2.44. The molecule has 0 saturated heterocycles. The fourth-order valence-corrected chi connectivity index (χ4v) is 1.69. The minimum Gasteiger partial charge on any atom is -0.306 e. The molecule has 1 heterocycles. The summed E-state index contributed by atoms with van der Waals surface area (Å²) in [7, 11) is 0. The Hall–Kier alpha value is -1.10. The second-order valence-corrected chi connectivity index (χ2v) is 3.41. The molecule has 1 aromatic carbocycles. The third-order valence-electron chi connectivity index (χ3n) is 1.85. The van der Waals surface area contributed by atoms with Gasteiger partial charge in [-0.25, -0.2) is 5.84 Å². The van der Waals surface area contributed by atoms with Crippen molar-refractivity contribution in [1.82, 2.24) is 10.2 Å². The van der Waals surface area contributed by atoms with Crippen LogP contribution in [0.5, 0.6) is 0 Å². The van der Waals surface area contributed by atoms with Crippen molar-refractivity contribution in [3.63, 3.8) is 0 Å². The molecule has 4 nitrogen and oxygen atoms in total. The molecule has 72 valence electrons.